The molecule has 4 rings (SSSR count). The van der Waals surface area contributed by atoms with Crippen molar-refractivity contribution in [3.05, 3.63) is 108 Å². The van der Waals surface area contributed by atoms with Gasteiger partial charge in [0.05, 0.1) is 0 Å². The zero-order valence-electron chi connectivity index (χ0n) is 18.5. The molecule has 7 heteroatoms. The van der Waals surface area contributed by atoms with E-state index in [1.165, 1.54) is 0 Å². The molecule has 0 spiro atoms. The molecule has 1 unspecified atom stereocenters. The summed E-state index contributed by atoms with van der Waals surface area (Å²) in [5, 5.41) is 57.0. The largest absolute Gasteiger partial charge is 0.383 e. The number of rotatable bonds is 7. The molecule has 0 aliphatic carbocycles. The van der Waals surface area contributed by atoms with Crippen LogP contribution in [0.2, 0.25) is 0 Å². The second-order valence-corrected chi connectivity index (χ2v) is 8.98. The predicted molar refractivity (Wildman–Crippen MR) is 123 cm³/mol. The summed E-state index contributed by atoms with van der Waals surface area (Å²) in [6.07, 6.45) is -7.88. The van der Waals surface area contributed by atoms with E-state index in [0.29, 0.717) is 16.7 Å². The van der Waals surface area contributed by atoms with E-state index in [0.717, 1.165) is 0 Å². The molecule has 5 N–H and O–H groups in total. The fourth-order valence-electron chi connectivity index (χ4n) is 4.96. The molecular formula is C27H29FO6. The average Bonchev–Trinajstić information content (AvgIpc) is 2.83. The van der Waals surface area contributed by atoms with Gasteiger partial charge in [0.1, 0.15) is 17.3 Å². The van der Waals surface area contributed by atoms with Crippen molar-refractivity contribution in [2.45, 2.75) is 54.8 Å². The van der Waals surface area contributed by atoms with Crippen molar-refractivity contribution < 1.29 is 34.7 Å². The molecule has 0 bridgehead atoms. The average molecular weight is 469 g/mol. The first-order valence-electron chi connectivity index (χ1n) is 11.1. The van der Waals surface area contributed by atoms with E-state index in [1.807, 2.05) is 0 Å². The van der Waals surface area contributed by atoms with Crippen molar-refractivity contribution in [2.75, 3.05) is 0 Å². The van der Waals surface area contributed by atoms with Crippen LogP contribution in [-0.4, -0.2) is 61.1 Å². The second-order valence-electron chi connectivity index (χ2n) is 8.98. The summed E-state index contributed by atoms with van der Waals surface area (Å²) >= 11 is 0. The van der Waals surface area contributed by atoms with E-state index in [9.17, 15) is 29.9 Å². The summed E-state index contributed by atoms with van der Waals surface area (Å²) < 4.78 is 19.8. The van der Waals surface area contributed by atoms with Crippen LogP contribution in [0.3, 0.4) is 0 Å². The lowest BCUT2D eigenvalue weighted by Gasteiger charge is -2.60. The van der Waals surface area contributed by atoms with Gasteiger partial charge in [0.25, 0.3) is 0 Å². The van der Waals surface area contributed by atoms with Gasteiger partial charge < -0.3 is 30.3 Å². The van der Waals surface area contributed by atoms with Gasteiger partial charge in [0.15, 0.2) is 11.9 Å². The zero-order chi connectivity index (χ0) is 24.4. The van der Waals surface area contributed by atoms with Crippen molar-refractivity contribution in [1.29, 1.82) is 0 Å². The highest BCUT2D eigenvalue weighted by Gasteiger charge is 2.72. The fraction of sp³-hybridized carbons (Fsp3) is 0.333. The van der Waals surface area contributed by atoms with E-state index in [1.54, 1.807) is 91.0 Å². The molecule has 1 aliphatic rings. The van der Waals surface area contributed by atoms with Gasteiger partial charge in [-0.15, -0.1) is 0 Å². The van der Waals surface area contributed by atoms with E-state index < -0.39 is 35.6 Å². The van der Waals surface area contributed by atoms with Gasteiger partial charge in [-0.1, -0.05) is 91.0 Å². The minimum Gasteiger partial charge on any atom is -0.383 e. The first-order chi connectivity index (χ1) is 16.2. The third-order valence-electron chi connectivity index (χ3n) is 6.77. The Morgan fingerprint density at radius 2 is 1.06 bits per heavy atom. The number of aliphatic hydroxyl groups excluding tert-OH is 2. The van der Waals surface area contributed by atoms with Crippen LogP contribution in [0.25, 0.3) is 0 Å². The number of alkyl halides is 1. The third-order valence-corrected chi connectivity index (χ3v) is 6.77. The Labute approximate surface area is 197 Å². The summed E-state index contributed by atoms with van der Waals surface area (Å²) in [5.41, 5.74) is -5.92. The van der Waals surface area contributed by atoms with Gasteiger partial charge in [-0.2, -0.15) is 0 Å². The Morgan fingerprint density at radius 3 is 1.47 bits per heavy atom. The summed E-state index contributed by atoms with van der Waals surface area (Å²) in [5.74, 6) is 0. The molecule has 34 heavy (non-hydrogen) atoms. The summed E-state index contributed by atoms with van der Waals surface area (Å²) in [6.45, 7) is 0. The molecule has 1 heterocycles. The van der Waals surface area contributed by atoms with E-state index in [2.05, 4.69) is 0 Å². The van der Waals surface area contributed by atoms with Crippen LogP contribution in [0.5, 0.6) is 0 Å². The Bertz CT molecular complexity index is 1070. The molecule has 0 radical (unpaired) electrons. The molecular weight excluding hydrogens is 439 g/mol. The molecule has 0 amide bonds. The topological polar surface area (TPSA) is 110 Å². The van der Waals surface area contributed by atoms with Crippen LogP contribution in [0.15, 0.2) is 91.0 Å². The lowest BCUT2D eigenvalue weighted by molar-refractivity contribution is -0.407. The Morgan fingerprint density at radius 1 is 0.676 bits per heavy atom. The molecule has 180 valence electrons. The Balaban J connectivity index is 1.89. The molecule has 1 fully saturated rings. The van der Waals surface area contributed by atoms with Gasteiger partial charge in [-0.05, 0) is 16.7 Å². The van der Waals surface area contributed by atoms with Crippen LogP contribution >= 0.6 is 0 Å². The van der Waals surface area contributed by atoms with Crippen LogP contribution < -0.4 is 0 Å². The molecule has 1 saturated heterocycles. The standard InChI is InChI=1S/C27H29FO6/c28-23(29)22-25(31,16-19-10-4-1-5-11-19)27(33,18-21-14-8-3-9-15-21)26(32,24(30)34-22)17-20-12-6-2-7-13-20/h1-15,22-24,29-33H,16-18H2/t22-,23?,24+,25-,26+,27+/m1/s1. The van der Waals surface area contributed by atoms with Gasteiger partial charge in [-0.25, -0.2) is 4.39 Å². The molecule has 1 aliphatic heterocycles. The number of aliphatic hydroxyl groups is 5. The lowest BCUT2D eigenvalue weighted by atomic mass is 9.59. The SMILES string of the molecule is OC(F)[C@H]1O[C@H](O)[C@@](O)(Cc2ccccc2)[C@](O)(Cc2ccccc2)[C@@]1(O)Cc1ccccc1. The lowest BCUT2D eigenvalue weighted by Crippen LogP contribution is -2.82. The van der Waals surface area contributed by atoms with Gasteiger partial charge >= 0.3 is 0 Å². The quantitative estimate of drug-likeness (QED) is 0.362. The van der Waals surface area contributed by atoms with Crippen LogP contribution in [-0.2, 0) is 24.0 Å². The number of halogens is 1. The zero-order valence-corrected chi connectivity index (χ0v) is 18.5. The van der Waals surface area contributed by atoms with Crippen molar-refractivity contribution >= 4 is 0 Å². The molecule has 6 atom stereocenters. The van der Waals surface area contributed by atoms with Crippen LogP contribution in [0, 0.1) is 0 Å². The van der Waals surface area contributed by atoms with E-state index in [4.69, 9.17) is 4.74 Å². The molecule has 3 aromatic rings. The third kappa shape index (κ3) is 4.27. The second kappa shape index (κ2) is 9.54. The van der Waals surface area contributed by atoms with E-state index in [-0.39, 0.29) is 19.3 Å². The highest BCUT2D eigenvalue weighted by Crippen LogP contribution is 2.49. The summed E-state index contributed by atoms with van der Waals surface area (Å²) in [7, 11) is 0. The van der Waals surface area contributed by atoms with Crippen LogP contribution in [0.1, 0.15) is 16.7 Å². The van der Waals surface area contributed by atoms with Gasteiger partial charge in [0.2, 0.25) is 6.36 Å². The Hall–Kier alpha value is -2.65. The Kier molecular flexibility index (Phi) is 6.87. The maximum Gasteiger partial charge on any atom is 0.226 e. The number of hydrogen-bond donors (Lipinski definition) is 5. The maximum atomic E-state index is 14.5. The fourth-order valence-corrected chi connectivity index (χ4v) is 4.96. The molecule has 3 aromatic carbocycles. The minimum atomic E-state index is -2.74. The predicted octanol–water partition coefficient (Wildman–Crippen LogP) is 1.91. The summed E-state index contributed by atoms with van der Waals surface area (Å²) in [6, 6.07) is 25.8. The van der Waals surface area contributed by atoms with Crippen molar-refractivity contribution in [3.8, 4) is 0 Å². The first-order valence-corrected chi connectivity index (χ1v) is 11.1. The van der Waals surface area contributed by atoms with Gasteiger partial charge in [0, 0.05) is 19.3 Å². The highest BCUT2D eigenvalue weighted by atomic mass is 19.1. The first kappa shape index (κ1) is 24.5. The van der Waals surface area contributed by atoms with Crippen molar-refractivity contribution in [3.63, 3.8) is 0 Å². The number of benzene rings is 3. The number of hydrogen-bond acceptors (Lipinski definition) is 6. The molecule has 0 aromatic heterocycles. The number of ether oxygens (including phenoxy) is 1. The van der Waals surface area contributed by atoms with Crippen molar-refractivity contribution in [1.82, 2.24) is 0 Å². The molecule has 0 saturated carbocycles. The molecule has 6 nitrogen and oxygen atoms in total. The highest BCUT2D eigenvalue weighted by molar-refractivity contribution is 5.32. The minimum absolute atomic E-state index is 0.301. The van der Waals surface area contributed by atoms with Crippen molar-refractivity contribution in [2.24, 2.45) is 0 Å². The monoisotopic (exact) mass is 468 g/mol. The maximum absolute atomic E-state index is 14.5. The van der Waals surface area contributed by atoms with E-state index >= 15 is 0 Å². The van der Waals surface area contributed by atoms with Crippen LogP contribution in [0.4, 0.5) is 4.39 Å². The summed E-state index contributed by atoms with van der Waals surface area (Å²) in [4.78, 5) is 0. The normalized spacial score (nSPS) is 32.3. The smallest absolute Gasteiger partial charge is 0.226 e. The van der Waals surface area contributed by atoms with Gasteiger partial charge in [-0.3, -0.25) is 0 Å².